The molecular formula is C13H18N2O4. The zero-order valence-electron chi connectivity index (χ0n) is 11.5. The second kappa shape index (κ2) is 6.17. The minimum absolute atomic E-state index is 0.347. The van der Waals surface area contributed by atoms with Gasteiger partial charge < -0.3 is 14.7 Å². The van der Waals surface area contributed by atoms with Gasteiger partial charge in [0.15, 0.2) is 0 Å². The minimum Gasteiger partial charge on any atom is -0.481 e. The number of carboxylic acids is 1. The fourth-order valence-corrected chi connectivity index (χ4v) is 1.67. The summed E-state index contributed by atoms with van der Waals surface area (Å²) in [7, 11) is 3.08. The maximum Gasteiger partial charge on any atom is 0.339 e. The summed E-state index contributed by atoms with van der Waals surface area (Å²) < 4.78 is 4.64. The lowest BCUT2D eigenvalue weighted by molar-refractivity contribution is -0.140. The van der Waals surface area contributed by atoms with Crippen molar-refractivity contribution >= 4 is 17.8 Å². The smallest absolute Gasteiger partial charge is 0.339 e. The molecule has 0 saturated heterocycles. The van der Waals surface area contributed by atoms with Crippen molar-refractivity contribution in [1.82, 2.24) is 4.98 Å². The molecule has 19 heavy (non-hydrogen) atoms. The SMILES string of the molecule is COC(=O)c1ccc(N(C)CC(C)C(=O)O)nc1C. The highest BCUT2D eigenvalue weighted by Crippen LogP contribution is 2.15. The van der Waals surface area contributed by atoms with Crippen LogP contribution in [-0.4, -0.2) is 42.7 Å². The molecule has 0 spiro atoms. The molecule has 1 atom stereocenters. The lowest BCUT2D eigenvalue weighted by Crippen LogP contribution is -2.29. The molecule has 0 aliphatic heterocycles. The van der Waals surface area contributed by atoms with Crippen LogP contribution in [0, 0.1) is 12.8 Å². The van der Waals surface area contributed by atoms with Gasteiger partial charge in [0, 0.05) is 13.6 Å². The lowest BCUT2D eigenvalue weighted by atomic mass is 10.1. The Kier molecular flexibility index (Phi) is 4.86. The number of hydrogen-bond acceptors (Lipinski definition) is 5. The number of anilines is 1. The number of aryl methyl sites for hydroxylation is 1. The van der Waals surface area contributed by atoms with Crippen molar-refractivity contribution in [3.63, 3.8) is 0 Å². The zero-order chi connectivity index (χ0) is 14.6. The van der Waals surface area contributed by atoms with Crippen molar-refractivity contribution in [1.29, 1.82) is 0 Å². The number of pyridine rings is 1. The summed E-state index contributed by atoms with van der Waals surface area (Å²) in [5.74, 6) is -1.15. The van der Waals surface area contributed by atoms with E-state index in [9.17, 15) is 9.59 Å². The first-order valence-electron chi connectivity index (χ1n) is 5.86. The summed E-state index contributed by atoms with van der Waals surface area (Å²) in [5.41, 5.74) is 0.963. The summed E-state index contributed by atoms with van der Waals surface area (Å²) in [6.45, 7) is 3.69. The van der Waals surface area contributed by atoms with E-state index in [2.05, 4.69) is 9.72 Å². The van der Waals surface area contributed by atoms with E-state index >= 15 is 0 Å². The van der Waals surface area contributed by atoms with Gasteiger partial charge in [0.05, 0.1) is 24.3 Å². The molecule has 1 aromatic rings. The molecule has 0 radical (unpaired) electrons. The molecule has 0 bridgehead atoms. The maximum atomic E-state index is 11.4. The first-order chi connectivity index (χ1) is 8.86. The quantitative estimate of drug-likeness (QED) is 0.810. The Morgan fingerprint density at radius 1 is 1.47 bits per heavy atom. The number of aromatic nitrogens is 1. The number of rotatable bonds is 5. The molecule has 104 valence electrons. The predicted molar refractivity (Wildman–Crippen MR) is 70.4 cm³/mol. The summed E-state index contributed by atoms with van der Waals surface area (Å²) in [6, 6.07) is 3.30. The van der Waals surface area contributed by atoms with Crippen LogP contribution in [0.15, 0.2) is 12.1 Å². The van der Waals surface area contributed by atoms with Crippen LogP contribution in [0.2, 0.25) is 0 Å². The van der Waals surface area contributed by atoms with Crippen molar-refractivity contribution in [2.45, 2.75) is 13.8 Å². The van der Waals surface area contributed by atoms with Crippen LogP contribution in [0.25, 0.3) is 0 Å². The highest BCUT2D eigenvalue weighted by Gasteiger charge is 2.16. The van der Waals surface area contributed by atoms with Gasteiger partial charge in [-0.2, -0.15) is 0 Å². The number of esters is 1. The summed E-state index contributed by atoms with van der Waals surface area (Å²) in [5, 5.41) is 8.87. The Bertz CT molecular complexity index is 488. The number of methoxy groups -OCH3 is 1. The number of ether oxygens (including phenoxy) is 1. The van der Waals surface area contributed by atoms with E-state index in [1.54, 1.807) is 37.9 Å². The molecule has 1 rings (SSSR count). The number of carbonyl (C=O) groups is 2. The molecular weight excluding hydrogens is 248 g/mol. The van der Waals surface area contributed by atoms with E-state index in [4.69, 9.17) is 5.11 Å². The molecule has 1 heterocycles. The largest absolute Gasteiger partial charge is 0.481 e. The van der Waals surface area contributed by atoms with Gasteiger partial charge in [-0.15, -0.1) is 0 Å². The van der Waals surface area contributed by atoms with Gasteiger partial charge >= 0.3 is 11.9 Å². The van der Waals surface area contributed by atoms with E-state index in [1.165, 1.54) is 7.11 Å². The first-order valence-corrected chi connectivity index (χ1v) is 5.86. The molecule has 0 aliphatic rings. The average Bonchev–Trinajstić information content (AvgIpc) is 2.37. The summed E-state index contributed by atoms with van der Waals surface area (Å²) in [6.07, 6.45) is 0. The van der Waals surface area contributed by atoms with E-state index in [0.29, 0.717) is 23.6 Å². The Hall–Kier alpha value is -2.11. The van der Waals surface area contributed by atoms with Crippen molar-refractivity contribution in [3.8, 4) is 0 Å². The highest BCUT2D eigenvalue weighted by atomic mass is 16.5. The third kappa shape index (κ3) is 3.67. The van der Waals surface area contributed by atoms with E-state index < -0.39 is 17.9 Å². The summed E-state index contributed by atoms with van der Waals surface area (Å²) >= 11 is 0. The molecule has 0 amide bonds. The Morgan fingerprint density at radius 2 is 2.11 bits per heavy atom. The predicted octanol–water partition coefficient (Wildman–Crippen LogP) is 1.33. The van der Waals surface area contributed by atoms with Gasteiger partial charge in [-0.05, 0) is 19.1 Å². The normalized spacial score (nSPS) is 11.8. The average molecular weight is 266 g/mol. The Morgan fingerprint density at radius 3 is 2.58 bits per heavy atom. The topological polar surface area (TPSA) is 79.7 Å². The second-order valence-electron chi connectivity index (χ2n) is 4.41. The molecule has 1 aromatic heterocycles. The first kappa shape index (κ1) is 14.9. The van der Waals surface area contributed by atoms with Gasteiger partial charge in [-0.25, -0.2) is 9.78 Å². The number of carboxylic acid groups (broad SMARTS) is 1. The fourth-order valence-electron chi connectivity index (χ4n) is 1.67. The van der Waals surface area contributed by atoms with Gasteiger partial charge in [0.25, 0.3) is 0 Å². The Balaban J connectivity index is 2.88. The molecule has 0 aromatic carbocycles. The maximum absolute atomic E-state index is 11.4. The van der Waals surface area contributed by atoms with E-state index in [-0.39, 0.29) is 0 Å². The van der Waals surface area contributed by atoms with Crippen LogP contribution in [0.5, 0.6) is 0 Å². The molecule has 1 N–H and O–H groups in total. The van der Waals surface area contributed by atoms with Crippen molar-refractivity contribution in [2.24, 2.45) is 5.92 Å². The molecule has 0 saturated carbocycles. The van der Waals surface area contributed by atoms with Crippen LogP contribution >= 0.6 is 0 Å². The number of nitrogens with zero attached hydrogens (tertiary/aromatic N) is 2. The summed E-state index contributed by atoms with van der Waals surface area (Å²) in [4.78, 5) is 28.3. The van der Waals surface area contributed by atoms with E-state index in [0.717, 1.165) is 0 Å². The van der Waals surface area contributed by atoms with Crippen LogP contribution in [0.4, 0.5) is 5.82 Å². The van der Waals surface area contributed by atoms with Crippen molar-refractivity contribution < 1.29 is 19.4 Å². The van der Waals surface area contributed by atoms with Crippen LogP contribution in [-0.2, 0) is 9.53 Å². The second-order valence-corrected chi connectivity index (χ2v) is 4.41. The van der Waals surface area contributed by atoms with Gasteiger partial charge in [0.1, 0.15) is 5.82 Å². The van der Waals surface area contributed by atoms with Crippen LogP contribution in [0.1, 0.15) is 23.0 Å². The van der Waals surface area contributed by atoms with Crippen LogP contribution in [0.3, 0.4) is 0 Å². The molecule has 0 aliphatic carbocycles. The molecule has 1 unspecified atom stereocenters. The number of aliphatic carboxylic acids is 1. The monoisotopic (exact) mass is 266 g/mol. The Labute approximate surface area is 112 Å². The third-order valence-electron chi connectivity index (χ3n) is 2.84. The standard InChI is InChI=1S/C13H18N2O4/c1-8(12(16)17)7-15(3)11-6-5-10(9(2)14-11)13(18)19-4/h5-6,8H,7H2,1-4H3,(H,16,17). The highest BCUT2D eigenvalue weighted by molar-refractivity contribution is 5.90. The zero-order valence-corrected chi connectivity index (χ0v) is 11.5. The van der Waals surface area contributed by atoms with Crippen molar-refractivity contribution in [2.75, 3.05) is 25.6 Å². The lowest BCUT2D eigenvalue weighted by Gasteiger charge is -2.21. The van der Waals surface area contributed by atoms with Crippen LogP contribution < -0.4 is 4.90 Å². The van der Waals surface area contributed by atoms with Gasteiger partial charge in [-0.3, -0.25) is 4.79 Å². The van der Waals surface area contributed by atoms with E-state index in [1.807, 2.05) is 0 Å². The third-order valence-corrected chi connectivity index (χ3v) is 2.84. The minimum atomic E-state index is -0.852. The van der Waals surface area contributed by atoms with Crippen molar-refractivity contribution in [3.05, 3.63) is 23.4 Å². The molecule has 0 fully saturated rings. The molecule has 6 heteroatoms. The van der Waals surface area contributed by atoms with Gasteiger partial charge in [-0.1, -0.05) is 6.92 Å². The van der Waals surface area contributed by atoms with Gasteiger partial charge in [0.2, 0.25) is 0 Å². The number of hydrogen-bond donors (Lipinski definition) is 1. The number of carbonyl (C=O) groups excluding carboxylic acids is 1. The fraction of sp³-hybridized carbons (Fsp3) is 0.462. The molecule has 6 nitrogen and oxygen atoms in total.